The fraction of sp³-hybridized carbons (Fsp3) is 0.571. The van der Waals surface area contributed by atoms with E-state index in [-0.39, 0.29) is 0 Å². The molecular formula is C28H40N2. The monoisotopic (exact) mass is 404 g/mol. The van der Waals surface area contributed by atoms with Gasteiger partial charge >= 0.3 is 0 Å². The third-order valence-corrected chi connectivity index (χ3v) is 8.11. The Hall–Kier alpha value is -1.96. The van der Waals surface area contributed by atoms with E-state index in [1.165, 1.54) is 75.3 Å². The zero-order valence-corrected chi connectivity index (χ0v) is 18.8. The fourth-order valence-electron chi connectivity index (χ4n) is 6.22. The third-order valence-electron chi connectivity index (χ3n) is 8.11. The number of nitrogens with two attached hydrogens (primary N) is 2. The number of hydrogen-bond acceptors (Lipinski definition) is 2. The molecule has 30 heavy (non-hydrogen) atoms. The molecule has 4 N–H and O–H groups in total. The van der Waals surface area contributed by atoms with E-state index in [2.05, 4.69) is 31.2 Å². The van der Waals surface area contributed by atoms with E-state index >= 15 is 0 Å². The van der Waals surface area contributed by atoms with Crippen LogP contribution in [0, 0.1) is 17.8 Å². The molecule has 2 aliphatic rings. The lowest BCUT2D eigenvalue weighted by atomic mass is 9.68. The Morgan fingerprint density at radius 3 is 1.87 bits per heavy atom. The number of nitrogen functional groups attached to an aromatic ring is 2. The molecule has 2 aromatic carbocycles. The standard InChI is InChI=1S/C28H40N2/c1-2-4-20-7-11-22(12-8-20)24-15-17-25(18-16-24)23-13-9-21(10-14-23)19-26-27(29)5-3-6-28(26)30/h3,5-6,9-10,13-14,20,22,24-25H,2,4,7-8,11-12,15-19,29-30H2,1H3. The van der Waals surface area contributed by atoms with Gasteiger partial charge in [0.05, 0.1) is 0 Å². The predicted octanol–water partition coefficient (Wildman–Crippen LogP) is 7.32. The lowest BCUT2D eigenvalue weighted by Crippen LogP contribution is -2.25. The highest BCUT2D eigenvalue weighted by Gasteiger charge is 2.31. The molecule has 4 rings (SSSR count). The summed E-state index contributed by atoms with van der Waals surface area (Å²) >= 11 is 0. The van der Waals surface area contributed by atoms with E-state index in [1.54, 1.807) is 0 Å². The van der Waals surface area contributed by atoms with Crippen LogP contribution in [0.3, 0.4) is 0 Å². The molecule has 2 aliphatic carbocycles. The first-order valence-corrected chi connectivity index (χ1v) is 12.4. The van der Waals surface area contributed by atoms with E-state index in [4.69, 9.17) is 11.5 Å². The zero-order valence-electron chi connectivity index (χ0n) is 18.8. The van der Waals surface area contributed by atoms with Gasteiger partial charge in [0, 0.05) is 23.4 Å². The van der Waals surface area contributed by atoms with E-state index in [9.17, 15) is 0 Å². The summed E-state index contributed by atoms with van der Waals surface area (Å²) in [5, 5.41) is 0. The van der Waals surface area contributed by atoms with Gasteiger partial charge in [-0.1, -0.05) is 62.9 Å². The van der Waals surface area contributed by atoms with Crippen LogP contribution in [0.2, 0.25) is 0 Å². The lowest BCUT2D eigenvalue weighted by Gasteiger charge is -2.38. The molecule has 0 aliphatic heterocycles. The summed E-state index contributed by atoms with van der Waals surface area (Å²) in [7, 11) is 0. The highest BCUT2D eigenvalue weighted by Crippen LogP contribution is 2.44. The Labute approximate surface area is 183 Å². The van der Waals surface area contributed by atoms with E-state index in [0.29, 0.717) is 0 Å². The van der Waals surface area contributed by atoms with Crippen LogP contribution >= 0.6 is 0 Å². The van der Waals surface area contributed by atoms with Crippen molar-refractivity contribution < 1.29 is 0 Å². The molecular weight excluding hydrogens is 364 g/mol. The van der Waals surface area contributed by atoms with Crippen molar-refractivity contribution in [2.24, 2.45) is 17.8 Å². The Kier molecular flexibility index (Phi) is 7.02. The summed E-state index contributed by atoms with van der Waals surface area (Å²) in [4.78, 5) is 0. The smallest absolute Gasteiger partial charge is 0.0370 e. The average molecular weight is 405 g/mol. The highest BCUT2D eigenvalue weighted by atomic mass is 14.6. The van der Waals surface area contributed by atoms with Gasteiger partial charge in [-0.3, -0.25) is 0 Å². The van der Waals surface area contributed by atoms with Crippen LogP contribution in [0.1, 0.15) is 93.7 Å². The van der Waals surface area contributed by atoms with Crippen LogP contribution in [-0.4, -0.2) is 0 Å². The molecule has 0 amide bonds. The minimum Gasteiger partial charge on any atom is -0.398 e. The van der Waals surface area contributed by atoms with Gasteiger partial charge in [-0.15, -0.1) is 0 Å². The van der Waals surface area contributed by atoms with Crippen LogP contribution in [0.5, 0.6) is 0 Å². The molecule has 2 nitrogen and oxygen atoms in total. The largest absolute Gasteiger partial charge is 0.398 e. The molecule has 0 spiro atoms. The van der Waals surface area contributed by atoms with Crippen LogP contribution < -0.4 is 11.5 Å². The maximum absolute atomic E-state index is 6.13. The van der Waals surface area contributed by atoms with Gasteiger partial charge in [0.25, 0.3) is 0 Å². The van der Waals surface area contributed by atoms with Gasteiger partial charge in [-0.25, -0.2) is 0 Å². The van der Waals surface area contributed by atoms with Gasteiger partial charge in [-0.2, -0.15) is 0 Å². The number of anilines is 2. The molecule has 2 fully saturated rings. The summed E-state index contributed by atoms with van der Waals surface area (Å²) in [6.45, 7) is 2.34. The van der Waals surface area contributed by atoms with Gasteiger partial charge < -0.3 is 11.5 Å². The number of hydrogen-bond donors (Lipinski definition) is 2. The molecule has 0 heterocycles. The van der Waals surface area contributed by atoms with Gasteiger partial charge in [0.15, 0.2) is 0 Å². The minimum absolute atomic E-state index is 0.749. The van der Waals surface area contributed by atoms with Gasteiger partial charge in [0.1, 0.15) is 0 Å². The molecule has 0 unspecified atom stereocenters. The summed E-state index contributed by atoms with van der Waals surface area (Å²) < 4.78 is 0. The maximum Gasteiger partial charge on any atom is 0.0370 e. The first-order valence-electron chi connectivity index (χ1n) is 12.4. The van der Waals surface area contributed by atoms with Crippen molar-refractivity contribution in [2.45, 2.75) is 83.5 Å². The first kappa shape index (κ1) is 21.3. The van der Waals surface area contributed by atoms with E-state index in [0.717, 1.165) is 47.0 Å². The summed E-state index contributed by atoms with van der Waals surface area (Å²) in [5.41, 5.74) is 17.7. The Morgan fingerprint density at radius 2 is 1.30 bits per heavy atom. The predicted molar refractivity (Wildman–Crippen MR) is 130 cm³/mol. The van der Waals surface area contributed by atoms with E-state index < -0.39 is 0 Å². The van der Waals surface area contributed by atoms with Crippen LogP contribution in [0.15, 0.2) is 42.5 Å². The van der Waals surface area contributed by atoms with Crippen molar-refractivity contribution in [3.8, 4) is 0 Å². The summed E-state index contributed by atoms with van der Waals surface area (Å²) in [6.07, 6.45) is 15.2. The molecule has 162 valence electrons. The van der Waals surface area contributed by atoms with Crippen molar-refractivity contribution in [1.82, 2.24) is 0 Å². The van der Waals surface area contributed by atoms with Gasteiger partial charge in [-0.05, 0) is 85.5 Å². The molecule has 0 aromatic heterocycles. The number of rotatable bonds is 6. The van der Waals surface area contributed by atoms with E-state index in [1.807, 2.05) is 18.2 Å². The van der Waals surface area contributed by atoms with Crippen molar-refractivity contribution in [2.75, 3.05) is 11.5 Å². The van der Waals surface area contributed by atoms with Crippen LogP contribution in [-0.2, 0) is 6.42 Å². The number of benzene rings is 2. The van der Waals surface area contributed by atoms with Crippen molar-refractivity contribution in [1.29, 1.82) is 0 Å². The highest BCUT2D eigenvalue weighted by molar-refractivity contribution is 5.62. The summed E-state index contributed by atoms with van der Waals surface area (Å²) in [5.74, 6) is 3.79. The molecule has 0 bridgehead atoms. The topological polar surface area (TPSA) is 52.0 Å². The molecule has 0 atom stereocenters. The SMILES string of the molecule is CCCC1CCC(C2CCC(c3ccc(Cc4c(N)cccc4N)cc3)CC2)CC1. The normalized spacial score (nSPS) is 27.1. The quantitative estimate of drug-likeness (QED) is 0.495. The average Bonchev–Trinajstić information content (AvgIpc) is 2.78. The Morgan fingerprint density at radius 1 is 0.733 bits per heavy atom. The van der Waals surface area contributed by atoms with Crippen LogP contribution in [0.4, 0.5) is 11.4 Å². The van der Waals surface area contributed by atoms with Crippen LogP contribution in [0.25, 0.3) is 0 Å². The molecule has 2 saturated carbocycles. The molecule has 0 radical (unpaired) electrons. The van der Waals surface area contributed by atoms with Gasteiger partial charge in [0.2, 0.25) is 0 Å². The lowest BCUT2D eigenvalue weighted by molar-refractivity contribution is 0.156. The second-order valence-electron chi connectivity index (χ2n) is 10.0. The summed E-state index contributed by atoms with van der Waals surface area (Å²) in [6, 6.07) is 15.1. The molecule has 2 aromatic rings. The second kappa shape index (κ2) is 9.90. The van der Waals surface area contributed by atoms with Crippen molar-refractivity contribution >= 4 is 11.4 Å². The Balaban J connectivity index is 1.29. The minimum atomic E-state index is 0.749. The molecule has 0 saturated heterocycles. The zero-order chi connectivity index (χ0) is 20.9. The molecule has 2 heteroatoms. The first-order chi connectivity index (χ1) is 14.6. The van der Waals surface area contributed by atoms with Crippen molar-refractivity contribution in [3.63, 3.8) is 0 Å². The second-order valence-corrected chi connectivity index (χ2v) is 10.0. The maximum atomic E-state index is 6.13. The van der Waals surface area contributed by atoms with Crippen molar-refractivity contribution in [3.05, 3.63) is 59.2 Å². The Bertz CT molecular complexity index is 774. The third kappa shape index (κ3) is 5.02. The fourth-order valence-corrected chi connectivity index (χ4v) is 6.22.